The lowest BCUT2D eigenvalue weighted by Crippen LogP contribution is -2.45. The number of rotatable bonds is 10. The summed E-state index contributed by atoms with van der Waals surface area (Å²) in [6.45, 7) is 4.29. The Labute approximate surface area is 141 Å². The van der Waals surface area contributed by atoms with Crippen LogP contribution in [0.15, 0.2) is 18.2 Å². The van der Waals surface area contributed by atoms with Gasteiger partial charge in [0.25, 0.3) is 5.91 Å². The van der Waals surface area contributed by atoms with Crippen LogP contribution < -0.4 is 5.32 Å². The van der Waals surface area contributed by atoms with Crippen molar-refractivity contribution >= 4 is 11.9 Å². The summed E-state index contributed by atoms with van der Waals surface area (Å²) in [5, 5.41) is 11.7. The highest BCUT2D eigenvalue weighted by atomic mass is 19.1. The second kappa shape index (κ2) is 10.00. The lowest BCUT2D eigenvalue weighted by Gasteiger charge is -2.20. The average molecular weight is 341 g/mol. The summed E-state index contributed by atoms with van der Waals surface area (Å²) < 4.78 is 23.9. The van der Waals surface area contributed by atoms with E-state index in [1.54, 1.807) is 6.92 Å². The molecule has 0 radical (unpaired) electrons. The summed E-state index contributed by atoms with van der Waals surface area (Å²) >= 11 is 0. The third-order valence-electron chi connectivity index (χ3n) is 3.76. The number of carbonyl (C=O) groups is 2. The first-order valence-corrected chi connectivity index (χ1v) is 7.79. The van der Waals surface area contributed by atoms with Gasteiger partial charge in [0.1, 0.15) is 11.9 Å². The number of ether oxygens (including phenoxy) is 2. The molecule has 24 heavy (non-hydrogen) atoms. The molecule has 1 rings (SSSR count). The van der Waals surface area contributed by atoms with Gasteiger partial charge in [0.05, 0.1) is 19.8 Å². The number of carbonyl (C=O) groups excluding carboxylic acids is 1. The van der Waals surface area contributed by atoms with Crippen LogP contribution in [0.1, 0.15) is 36.2 Å². The molecule has 0 spiro atoms. The van der Waals surface area contributed by atoms with Crippen molar-refractivity contribution in [3.8, 4) is 0 Å². The van der Waals surface area contributed by atoms with Gasteiger partial charge in [-0.25, -0.2) is 9.18 Å². The maximum Gasteiger partial charge on any atom is 0.326 e. The fourth-order valence-electron chi connectivity index (χ4n) is 2.06. The van der Waals surface area contributed by atoms with Crippen LogP contribution in [-0.2, 0) is 20.9 Å². The van der Waals surface area contributed by atoms with Crippen molar-refractivity contribution in [2.45, 2.75) is 32.9 Å². The van der Waals surface area contributed by atoms with E-state index in [1.807, 2.05) is 6.92 Å². The van der Waals surface area contributed by atoms with Gasteiger partial charge in [-0.3, -0.25) is 4.79 Å². The summed E-state index contributed by atoms with van der Waals surface area (Å²) in [6, 6.07) is 2.86. The van der Waals surface area contributed by atoms with E-state index in [2.05, 4.69) is 5.32 Å². The molecular formula is C17H24FNO5. The van der Waals surface area contributed by atoms with E-state index >= 15 is 0 Å². The van der Waals surface area contributed by atoms with Crippen molar-refractivity contribution < 1.29 is 28.6 Å². The van der Waals surface area contributed by atoms with E-state index in [0.717, 1.165) is 0 Å². The molecule has 0 aliphatic carbocycles. The monoisotopic (exact) mass is 341 g/mol. The smallest absolute Gasteiger partial charge is 0.326 e. The normalized spacial score (nSPS) is 13.3. The number of hydrogen-bond acceptors (Lipinski definition) is 4. The SMILES string of the molecule is CCC(C)C(NC(=O)c1ccc(F)c(COCCOC)c1)C(=O)O. The van der Waals surface area contributed by atoms with Crippen LogP contribution in [-0.4, -0.2) is 43.3 Å². The predicted molar refractivity (Wildman–Crippen MR) is 86.3 cm³/mol. The maximum absolute atomic E-state index is 13.8. The summed E-state index contributed by atoms with van der Waals surface area (Å²) in [6.07, 6.45) is 0.610. The molecule has 1 aromatic rings. The number of hydrogen-bond donors (Lipinski definition) is 2. The minimum Gasteiger partial charge on any atom is -0.480 e. The Hall–Kier alpha value is -1.99. The molecule has 1 aromatic carbocycles. The molecule has 0 bridgehead atoms. The number of amides is 1. The Kier molecular flexibility index (Phi) is 8.35. The third kappa shape index (κ3) is 5.90. The standard InChI is InChI=1S/C17H24FNO5/c1-4-11(2)15(17(21)22)19-16(20)12-5-6-14(18)13(9-12)10-24-8-7-23-3/h5-6,9,11,15H,4,7-8,10H2,1-3H3,(H,19,20)(H,21,22). The molecule has 134 valence electrons. The summed E-state index contributed by atoms with van der Waals surface area (Å²) in [5.41, 5.74) is 0.422. The third-order valence-corrected chi connectivity index (χ3v) is 3.76. The first-order valence-electron chi connectivity index (χ1n) is 7.79. The molecule has 0 saturated heterocycles. The Bertz CT molecular complexity index is 564. The number of benzene rings is 1. The van der Waals surface area contributed by atoms with E-state index in [9.17, 15) is 19.1 Å². The van der Waals surface area contributed by atoms with E-state index in [0.29, 0.717) is 19.6 Å². The highest BCUT2D eigenvalue weighted by molar-refractivity contribution is 5.96. The number of methoxy groups -OCH3 is 1. The Balaban J connectivity index is 2.81. The molecule has 0 fully saturated rings. The second-order valence-corrected chi connectivity index (χ2v) is 5.53. The zero-order valence-corrected chi connectivity index (χ0v) is 14.2. The van der Waals surface area contributed by atoms with Crippen molar-refractivity contribution in [1.29, 1.82) is 0 Å². The van der Waals surface area contributed by atoms with Crippen LogP contribution in [0.4, 0.5) is 4.39 Å². The maximum atomic E-state index is 13.8. The molecule has 1 amide bonds. The molecular weight excluding hydrogens is 317 g/mol. The lowest BCUT2D eigenvalue weighted by atomic mass is 9.98. The summed E-state index contributed by atoms with van der Waals surface area (Å²) in [4.78, 5) is 23.5. The molecule has 2 unspecified atom stereocenters. The van der Waals surface area contributed by atoms with Crippen molar-refractivity contribution in [3.05, 3.63) is 35.1 Å². The van der Waals surface area contributed by atoms with Gasteiger partial charge in [-0.05, 0) is 24.1 Å². The first-order chi connectivity index (χ1) is 11.4. The van der Waals surface area contributed by atoms with Crippen LogP contribution in [0.25, 0.3) is 0 Å². The van der Waals surface area contributed by atoms with E-state index in [1.165, 1.54) is 25.3 Å². The van der Waals surface area contributed by atoms with E-state index < -0.39 is 23.7 Å². The molecule has 0 aliphatic heterocycles. The highest BCUT2D eigenvalue weighted by Gasteiger charge is 2.26. The summed E-state index contributed by atoms with van der Waals surface area (Å²) in [7, 11) is 1.53. The highest BCUT2D eigenvalue weighted by Crippen LogP contribution is 2.14. The minimum absolute atomic E-state index is 0.00400. The fourth-order valence-corrected chi connectivity index (χ4v) is 2.06. The van der Waals surface area contributed by atoms with Gasteiger partial charge >= 0.3 is 5.97 Å². The number of carboxylic acids is 1. The zero-order valence-electron chi connectivity index (χ0n) is 14.2. The predicted octanol–water partition coefficient (Wildman–Crippen LogP) is 2.22. The molecule has 2 atom stereocenters. The largest absolute Gasteiger partial charge is 0.480 e. The quantitative estimate of drug-likeness (QED) is 0.638. The van der Waals surface area contributed by atoms with Crippen LogP contribution in [0.2, 0.25) is 0 Å². The molecule has 0 saturated carbocycles. The van der Waals surface area contributed by atoms with E-state index in [-0.39, 0.29) is 23.7 Å². The Morgan fingerprint density at radius 3 is 2.62 bits per heavy atom. The van der Waals surface area contributed by atoms with Gasteiger partial charge in [-0.1, -0.05) is 20.3 Å². The van der Waals surface area contributed by atoms with Crippen LogP contribution in [0, 0.1) is 11.7 Å². The van der Waals surface area contributed by atoms with Crippen LogP contribution >= 0.6 is 0 Å². The topological polar surface area (TPSA) is 84.9 Å². The number of aliphatic carboxylic acids is 1. The fraction of sp³-hybridized carbons (Fsp3) is 0.529. The Morgan fingerprint density at radius 1 is 1.33 bits per heavy atom. The van der Waals surface area contributed by atoms with Gasteiger partial charge in [0.2, 0.25) is 0 Å². The lowest BCUT2D eigenvalue weighted by molar-refractivity contribution is -0.140. The molecule has 0 aliphatic rings. The van der Waals surface area contributed by atoms with Gasteiger partial charge < -0.3 is 19.9 Å². The van der Waals surface area contributed by atoms with Crippen LogP contribution in [0.3, 0.4) is 0 Å². The number of halogens is 1. The van der Waals surface area contributed by atoms with Gasteiger partial charge in [0.15, 0.2) is 0 Å². The van der Waals surface area contributed by atoms with Crippen molar-refractivity contribution in [1.82, 2.24) is 5.32 Å². The zero-order chi connectivity index (χ0) is 18.1. The van der Waals surface area contributed by atoms with Crippen molar-refractivity contribution in [3.63, 3.8) is 0 Å². The van der Waals surface area contributed by atoms with Crippen molar-refractivity contribution in [2.24, 2.45) is 5.92 Å². The molecule has 6 nitrogen and oxygen atoms in total. The summed E-state index contributed by atoms with van der Waals surface area (Å²) in [5.74, 6) is -2.35. The van der Waals surface area contributed by atoms with Gasteiger partial charge in [-0.15, -0.1) is 0 Å². The number of nitrogens with one attached hydrogen (secondary N) is 1. The second-order valence-electron chi connectivity index (χ2n) is 5.53. The first kappa shape index (κ1) is 20.1. The Morgan fingerprint density at radius 2 is 2.04 bits per heavy atom. The molecule has 0 heterocycles. The molecule has 7 heteroatoms. The minimum atomic E-state index is -1.09. The van der Waals surface area contributed by atoms with Crippen LogP contribution in [0.5, 0.6) is 0 Å². The van der Waals surface area contributed by atoms with Gasteiger partial charge in [-0.2, -0.15) is 0 Å². The van der Waals surface area contributed by atoms with E-state index in [4.69, 9.17) is 9.47 Å². The molecule has 0 aromatic heterocycles. The average Bonchev–Trinajstić information content (AvgIpc) is 2.56. The number of carboxylic acid groups (broad SMARTS) is 1. The van der Waals surface area contributed by atoms with Crippen molar-refractivity contribution in [2.75, 3.05) is 20.3 Å². The van der Waals surface area contributed by atoms with Gasteiger partial charge in [0, 0.05) is 18.2 Å². The molecule has 2 N–H and O–H groups in total.